The smallest absolute Gasteiger partial charge is 0.0454 e. The molecule has 0 saturated carbocycles. The zero-order chi connectivity index (χ0) is 22.4. The van der Waals surface area contributed by atoms with Gasteiger partial charge in [0.25, 0.3) is 0 Å². The lowest BCUT2D eigenvalue weighted by atomic mass is 9.76. The molecular formula is C31H29N. The second-order valence-electron chi connectivity index (χ2n) is 9.08. The highest BCUT2D eigenvalue weighted by atomic mass is 14.7. The molecule has 0 amide bonds. The number of nitrogens with one attached hydrogen (secondary N) is 1. The Labute approximate surface area is 190 Å². The normalized spacial score (nSPS) is 13.5. The fourth-order valence-corrected chi connectivity index (χ4v) is 4.95. The van der Waals surface area contributed by atoms with Gasteiger partial charge in [-0.25, -0.2) is 0 Å². The number of allylic oxidation sites excluding steroid dienone is 4. The molecule has 1 heterocycles. The minimum absolute atomic E-state index is 0.796. The lowest BCUT2D eigenvalue weighted by molar-refractivity contribution is 1.15. The van der Waals surface area contributed by atoms with Crippen LogP contribution in [0.4, 0.5) is 0 Å². The summed E-state index contributed by atoms with van der Waals surface area (Å²) in [4.78, 5) is 3.28. The maximum atomic E-state index is 4.60. The summed E-state index contributed by atoms with van der Waals surface area (Å²) in [5, 5.41) is 1.22. The predicted molar refractivity (Wildman–Crippen MR) is 139 cm³/mol. The first-order valence-corrected chi connectivity index (χ1v) is 11.3. The van der Waals surface area contributed by atoms with Crippen molar-refractivity contribution in [1.29, 1.82) is 0 Å². The molecule has 1 aliphatic rings. The van der Waals surface area contributed by atoms with Crippen molar-refractivity contribution < 1.29 is 0 Å². The number of hydrogen-bond acceptors (Lipinski definition) is 0. The second-order valence-corrected chi connectivity index (χ2v) is 9.08. The van der Waals surface area contributed by atoms with E-state index in [-0.39, 0.29) is 0 Å². The molecule has 0 fully saturated rings. The summed E-state index contributed by atoms with van der Waals surface area (Å²) in [5.41, 5.74) is 15.2. The Hall–Kier alpha value is -3.58. The number of H-pyrrole nitrogens is 1. The van der Waals surface area contributed by atoms with E-state index in [9.17, 15) is 0 Å². The summed E-state index contributed by atoms with van der Waals surface area (Å²) >= 11 is 0. The Morgan fingerprint density at radius 3 is 2.56 bits per heavy atom. The molecule has 1 nitrogen and oxygen atoms in total. The predicted octanol–water partition coefficient (Wildman–Crippen LogP) is 8.22. The minimum Gasteiger partial charge on any atom is -0.361 e. The fraction of sp³-hybridized carbons (Fsp3) is 0.161. The third-order valence-corrected chi connectivity index (χ3v) is 6.96. The monoisotopic (exact) mass is 415 g/mol. The number of aryl methyl sites for hydroxylation is 3. The molecule has 3 aromatic carbocycles. The highest BCUT2D eigenvalue weighted by Gasteiger charge is 2.24. The van der Waals surface area contributed by atoms with E-state index < -0.39 is 0 Å². The van der Waals surface area contributed by atoms with Crippen molar-refractivity contribution in [3.63, 3.8) is 0 Å². The molecule has 1 aromatic heterocycles. The van der Waals surface area contributed by atoms with Crippen LogP contribution in [0, 0.1) is 20.8 Å². The highest BCUT2D eigenvalue weighted by molar-refractivity contribution is 5.97. The van der Waals surface area contributed by atoms with Crippen LogP contribution in [-0.4, -0.2) is 4.98 Å². The number of fused-ring (bicyclic) bond motifs is 2. The molecule has 5 rings (SSSR count). The zero-order valence-corrected chi connectivity index (χ0v) is 19.2. The van der Waals surface area contributed by atoms with Crippen LogP contribution in [0.2, 0.25) is 0 Å². The number of hydrogen-bond donors (Lipinski definition) is 1. The topological polar surface area (TPSA) is 15.8 Å². The SMILES string of the molecule is C=C(CC1=C(c2ccc(C)c(C)c2)Cc2cccc(C)c2C1=C)c1ccc2[nH]ccc2c1. The van der Waals surface area contributed by atoms with Gasteiger partial charge in [0.15, 0.2) is 0 Å². The summed E-state index contributed by atoms with van der Waals surface area (Å²) in [7, 11) is 0. The first-order chi connectivity index (χ1) is 15.4. The number of rotatable bonds is 4. The van der Waals surface area contributed by atoms with E-state index in [0.29, 0.717) is 0 Å². The molecule has 1 aliphatic carbocycles. The molecular weight excluding hydrogens is 386 g/mol. The molecule has 32 heavy (non-hydrogen) atoms. The van der Waals surface area contributed by atoms with Crippen LogP contribution in [0.25, 0.3) is 27.6 Å². The Balaban J connectivity index is 1.61. The van der Waals surface area contributed by atoms with E-state index in [0.717, 1.165) is 29.5 Å². The highest BCUT2D eigenvalue weighted by Crippen LogP contribution is 2.44. The van der Waals surface area contributed by atoms with Gasteiger partial charge >= 0.3 is 0 Å². The second kappa shape index (κ2) is 7.84. The third kappa shape index (κ3) is 3.44. The van der Waals surface area contributed by atoms with Crippen LogP contribution in [0.5, 0.6) is 0 Å². The maximum absolute atomic E-state index is 4.60. The number of aromatic nitrogens is 1. The van der Waals surface area contributed by atoms with E-state index in [1.54, 1.807) is 0 Å². The molecule has 4 aromatic rings. The molecule has 0 aliphatic heterocycles. The molecule has 1 heteroatoms. The molecule has 1 N–H and O–H groups in total. The quantitative estimate of drug-likeness (QED) is 0.345. The molecule has 0 unspecified atom stereocenters. The van der Waals surface area contributed by atoms with Crippen LogP contribution in [0.3, 0.4) is 0 Å². The van der Waals surface area contributed by atoms with Gasteiger partial charge in [-0.05, 0) is 118 Å². The van der Waals surface area contributed by atoms with Gasteiger partial charge in [-0.2, -0.15) is 0 Å². The fourth-order valence-electron chi connectivity index (χ4n) is 4.95. The number of benzene rings is 3. The Morgan fingerprint density at radius 1 is 0.906 bits per heavy atom. The molecule has 0 radical (unpaired) electrons. The Kier molecular flexibility index (Phi) is 4.98. The summed E-state index contributed by atoms with van der Waals surface area (Å²) in [6, 6.07) is 22.1. The first-order valence-electron chi connectivity index (χ1n) is 11.3. The summed E-state index contributed by atoms with van der Waals surface area (Å²) in [6.45, 7) is 15.7. The van der Waals surface area contributed by atoms with E-state index in [4.69, 9.17) is 0 Å². The van der Waals surface area contributed by atoms with E-state index in [1.807, 2.05) is 6.20 Å². The van der Waals surface area contributed by atoms with E-state index >= 15 is 0 Å². The Morgan fingerprint density at radius 2 is 1.75 bits per heavy atom. The van der Waals surface area contributed by atoms with Crippen molar-refractivity contribution in [2.24, 2.45) is 0 Å². The van der Waals surface area contributed by atoms with E-state index in [2.05, 4.69) is 99.6 Å². The van der Waals surface area contributed by atoms with Crippen LogP contribution in [0.1, 0.15) is 45.4 Å². The average molecular weight is 416 g/mol. The minimum atomic E-state index is 0.796. The van der Waals surface area contributed by atoms with Gasteiger partial charge in [0.2, 0.25) is 0 Å². The van der Waals surface area contributed by atoms with Crippen LogP contribution in [0.15, 0.2) is 85.6 Å². The molecule has 158 valence electrons. The van der Waals surface area contributed by atoms with Crippen molar-refractivity contribution in [2.75, 3.05) is 0 Å². The van der Waals surface area contributed by atoms with Crippen molar-refractivity contribution in [3.05, 3.63) is 125 Å². The maximum Gasteiger partial charge on any atom is 0.0454 e. The van der Waals surface area contributed by atoms with Gasteiger partial charge in [-0.15, -0.1) is 0 Å². The summed E-state index contributed by atoms with van der Waals surface area (Å²) in [6.07, 6.45) is 3.71. The first kappa shape index (κ1) is 20.3. The lowest BCUT2D eigenvalue weighted by Crippen LogP contribution is -2.10. The van der Waals surface area contributed by atoms with Crippen LogP contribution in [-0.2, 0) is 6.42 Å². The van der Waals surface area contributed by atoms with Gasteiger partial charge in [0, 0.05) is 11.7 Å². The molecule has 0 spiro atoms. The standard InChI is InChI=1S/C31H29N/c1-19-9-10-25(15-21(19)3)29-18-27-8-6-7-20(2)31(27)23(5)28(29)16-22(4)24-11-12-30-26(17-24)13-14-32-30/h6-15,17,32H,4-5,16,18H2,1-3H3. The number of aromatic amines is 1. The van der Waals surface area contributed by atoms with Crippen LogP contribution < -0.4 is 0 Å². The van der Waals surface area contributed by atoms with E-state index in [1.165, 1.54) is 55.5 Å². The third-order valence-electron chi connectivity index (χ3n) is 6.96. The average Bonchev–Trinajstić information content (AvgIpc) is 3.25. The summed E-state index contributed by atoms with van der Waals surface area (Å²) in [5.74, 6) is 0. The molecule has 0 saturated heterocycles. The van der Waals surface area contributed by atoms with Crippen molar-refractivity contribution in [3.8, 4) is 0 Å². The van der Waals surface area contributed by atoms with Gasteiger partial charge in [-0.3, -0.25) is 0 Å². The van der Waals surface area contributed by atoms with Crippen molar-refractivity contribution >= 4 is 27.6 Å². The van der Waals surface area contributed by atoms with Gasteiger partial charge in [0.05, 0.1) is 0 Å². The lowest BCUT2D eigenvalue weighted by Gasteiger charge is -2.28. The van der Waals surface area contributed by atoms with Crippen LogP contribution >= 0.6 is 0 Å². The molecule has 0 atom stereocenters. The van der Waals surface area contributed by atoms with Crippen molar-refractivity contribution in [1.82, 2.24) is 4.98 Å². The Bertz CT molecular complexity index is 1420. The van der Waals surface area contributed by atoms with Crippen molar-refractivity contribution in [2.45, 2.75) is 33.6 Å². The summed E-state index contributed by atoms with van der Waals surface area (Å²) < 4.78 is 0. The van der Waals surface area contributed by atoms with Gasteiger partial charge in [0.1, 0.15) is 0 Å². The van der Waals surface area contributed by atoms with Gasteiger partial charge in [-0.1, -0.05) is 55.6 Å². The molecule has 0 bridgehead atoms. The largest absolute Gasteiger partial charge is 0.361 e. The zero-order valence-electron chi connectivity index (χ0n) is 19.2. The van der Waals surface area contributed by atoms with Gasteiger partial charge < -0.3 is 4.98 Å².